The maximum atomic E-state index is 12.9. The molecule has 0 spiro atoms. The molecule has 0 saturated carbocycles. The molecule has 0 saturated heterocycles. The average Bonchev–Trinajstić information content (AvgIpc) is 3.32. The van der Waals surface area contributed by atoms with E-state index in [1.807, 2.05) is 48.1 Å². The Hall–Kier alpha value is -3.02. The van der Waals surface area contributed by atoms with E-state index in [0.717, 1.165) is 17.1 Å². The summed E-state index contributed by atoms with van der Waals surface area (Å²) in [7, 11) is 0. The summed E-state index contributed by atoms with van der Waals surface area (Å²) in [4.78, 5) is 12.9. The molecule has 0 fully saturated rings. The Kier molecular flexibility index (Phi) is 4.94. The van der Waals surface area contributed by atoms with Crippen LogP contribution >= 0.6 is 23.2 Å². The van der Waals surface area contributed by atoms with E-state index in [4.69, 9.17) is 23.2 Å². The molecule has 0 radical (unpaired) electrons. The van der Waals surface area contributed by atoms with Crippen molar-refractivity contribution in [2.45, 2.75) is 6.92 Å². The fourth-order valence-electron chi connectivity index (χ4n) is 2.97. The van der Waals surface area contributed by atoms with Crippen LogP contribution in [0.2, 0.25) is 10.0 Å². The van der Waals surface area contributed by atoms with Gasteiger partial charge in [-0.1, -0.05) is 23.2 Å². The van der Waals surface area contributed by atoms with E-state index in [2.05, 4.69) is 10.4 Å². The van der Waals surface area contributed by atoms with Gasteiger partial charge in [0.25, 0.3) is 5.91 Å². The second-order valence-corrected chi connectivity index (χ2v) is 7.11. The van der Waals surface area contributed by atoms with Gasteiger partial charge in [0.15, 0.2) is 5.69 Å². The Bertz CT molecular complexity index is 1110. The Morgan fingerprint density at radius 2 is 1.50 bits per heavy atom. The van der Waals surface area contributed by atoms with Crippen molar-refractivity contribution in [2.24, 2.45) is 0 Å². The van der Waals surface area contributed by atoms with Crippen LogP contribution in [0.15, 0.2) is 73.1 Å². The standard InChI is InChI=1S/C21H16Cl2N4O/c1-14-19(20(28)24-17-8-4-15(22)5-9-17)25-27(18-10-6-16(23)7-11-18)21(14)26-12-2-3-13-26/h2-13H,1H3,(H,24,28). The van der Waals surface area contributed by atoms with Crippen LogP contribution in [-0.2, 0) is 0 Å². The number of carbonyl (C=O) groups is 1. The molecule has 1 N–H and O–H groups in total. The summed E-state index contributed by atoms with van der Waals surface area (Å²) >= 11 is 11.9. The lowest BCUT2D eigenvalue weighted by atomic mass is 10.2. The molecule has 0 atom stereocenters. The van der Waals surface area contributed by atoms with Crippen LogP contribution in [-0.4, -0.2) is 20.3 Å². The minimum Gasteiger partial charge on any atom is -0.321 e. The molecule has 140 valence electrons. The lowest BCUT2D eigenvalue weighted by molar-refractivity contribution is 0.102. The number of nitrogens with one attached hydrogen (secondary N) is 1. The Morgan fingerprint density at radius 1 is 0.929 bits per heavy atom. The van der Waals surface area contributed by atoms with Crippen LogP contribution < -0.4 is 5.32 Å². The Balaban J connectivity index is 1.78. The van der Waals surface area contributed by atoms with Gasteiger partial charge in [-0.2, -0.15) is 5.10 Å². The van der Waals surface area contributed by atoms with Gasteiger partial charge in [0.2, 0.25) is 0 Å². The van der Waals surface area contributed by atoms with Crippen molar-refractivity contribution in [1.29, 1.82) is 0 Å². The molecule has 1 amide bonds. The largest absolute Gasteiger partial charge is 0.321 e. The fraction of sp³-hybridized carbons (Fsp3) is 0.0476. The molecule has 2 aromatic heterocycles. The number of anilines is 1. The number of aromatic nitrogens is 3. The van der Waals surface area contributed by atoms with E-state index in [1.165, 1.54) is 0 Å². The van der Waals surface area contributed by atoms with E-state index in [-0.39, 0.29) is 5.91 Å². The SMILES string of the molecule is Cc1c(C(=O)Nc2ccc(Cl)cc2)nn(-c2ccc(Cl)cc2)c1-n1cccc1. The van der Waals surface area contributed by atoms with E-state index in [1.54, 1.807) is 41.1 Å². The fourth-order valence-corrected chi connectivity index (χ4v) is 3.22. The number of carbonyl (C=O) groups excluding carboxylic acids is 1. The second kappa shape index (κ2) is 7.54. The van der Waals surface area contributed by atoms with Gasteiger partial charge < -0.3 is 9.88 Å². The number of rotatable bonds is 4. The molecular weight excluding hydrogens is 395 g/mol. The average molecular weight is 411 g/mol. The molecule has 5 nitrogen and oxygen atoms in total. The predicted molar refractivity (Wildman–Crippen MR) is 112 cm³/mol. The first-order chi connectivity index (χ1) is 13.5. The molecule has 0 bridgehead atoms. The topological polar surface area (TPSA) is 51.9 Å². The van der Waals surface area contributed by atoms with Crippen molar-refractivity contribution in [1.82, 2.24) is 14.3 Å². The Labute approximate surface area is 172 Å². The first-order valence-corrected chi connectivity index (χ1v) is 9.34. The lowest BCUT2D eigenvalue weighted by Crippen LogP contribution is -2.14. The summed E-state index contributed by atoms with van der Waals surface area (Å²) in [6.07, 6.45) is 3.83. The van der Waals surface area contributed by atoms with Crippen LogP contribution in [0.4, 0.5) is 5.69 Å². The minimum atomic E-state index is -0.291. The molecular formula is C21H16Cl2N4O. The molecule has 7 heteroatoms. The van der Waals surface area contributed by atoms with Crippen molar-refractivity contribution in [2.75, 3.05) is 5.32 Å². The molecule has 0 unspecified atom stereocenters. The van der Waals surface area contributed by atoms with Crippen molar-refractivity contribution in [3.8, 4) is 11.5 Å². The van der Waals surface area contributed by atoms with Crippen LogP contribution in [0.1, 0.15) is 16.1 Å². The third-order valence-electron chi connectivity index (χ3n) is 4.33. The highest BCUT2D eigenvalue weighted by molar-refractivity contribution is 6.30. The zero-order chi connectivity index (χ0) is 19.7. The van der Waals surface area contributed by atoms with E-state index in [9.17, 15) is 4.79 Å². The highest BCUT2D eigenvalue weighted by Crippen LogP contribution is 2.24. The molecule has 4 rings (SSSR count). The van der Waals surface area contributed by atoms with Gasteiger partial charge in [-0.05, 0) is 67.6 Å². The van der Waals surface area contributed by atoms with Gasteiger partial charge in [0.05, 0.1) is 5.69 Å². The van der Waals surface area contributed by atoms with Crippen molar-refractivity contribution in [3.05, 3.63) is 94.4 Å². The second-order valence-electron chi connectivity index (χ2n) is 6.24. The molecule has 2 aromatic carbocycles. The maximum absolute atomic E-state index is 12.9. The van der Waals surface area contributed by atoms with Crippen LogP contribution in [0.3, 0.4) is 0 Å². The van der Waals surface area contributed by atoms with Gasteiger partial charge in [0.1, 0.15) is 5.82 Å². The zero-order valence-corrected chi connectivity index (χ0v) is 16.4. The summed E-state index contributed by atoms with van der Waals surface area (Å²) in [5.41, 5.74) is 2.56. The highest BCUT2D eigenvalue weighted by atomic mass is 35.5. The summed E-state index contributed by atoms with van der Waals surface area (Å²) in [5, 5.41) is 8.71. The summed E-state index contributed by atoms with van der Waals surface area (Å²) < 4.78 is 3.67. The quantitative estimate of drug-likeness (QED) is 0.480. The third-order valence-corrected chi connectivity index (χ3v) is 4.83. The number of hydrogen-bond acceptors (Lipinski definition) is 2. The zero-order valence-electron chi connectivity index (χ0n) is 14.9. The van der Waals surface area contributed by atoms with Crippen molar-refractivity contribution < 1.29 is 4.79 Å². The summed E-state index contributed by atoms with van der Waals surface area (Å²) in [5.74, 6) is 0.495. The first-order valence-electron chi connectivity index (χ1n) is 8.59. The van der Waals surface area contributed by atoms with Gasteiger partial charge >= 0.3 is 0 Å². The van der Waals surface area contributed by atoms with E-state index in [0.29, 0.717) is 21.4 Å². The van der Waals surface area contributed by atoms with Crippen LogP contribution in [0, 0.1) is 6.92 Å². The number of benzene rings is 2. The van der Waals surface area contributed by atoms with Gasteiger partial charge in [-0.15, -0.1) is 0 Å². The summed E-state index contributed by atoms with van der Waals surface area (Å²) in [6.45, 7) is 1.88. The summed E-state index contributed by atoms with van der Waals surface area (Å²) in [6, 6.07) is 18.1. The minimum absolute atomic E-state index is 0.291. The number of nitrogens with zero attached hydrogens (tertiary/aromatic N) is 3. The first kappa shape index (κ1) is 18.3. The number of hydrogen-bond donors (Lipinski definition) is 1. The molecule has 0 aliphatic heterocycles. The van der Waals surface area contributed by atoms with Crippen LogP contribution in [0.5, 0.6) is 0 Å². The molecule has 28 heavy (non-hydrogen) atoms. The van der Waals surface area contributed by atoms with Crippen molar-refractivity contribution in [3.63, 3.8) is 0 Å². The number of halogens is 2. The van der Waals surface area contributed by atoms with Gasteiger partial charge in [0, 0.05) is 33.7 Å². The van der Waals surface area contributed by atoms with Gasteiger partial charge in [-0.3, -0.25) is 4.79 Å². The normalized spacial score (nSPS) is 10.8. The maximum Gasteiger partial charge on any atom is 0.276 e. The lowest BCUT2D eigenvalue weighted by Gasteiger charge is -2.09. The molecule has 4 aromatic rings. The molecule has 0 aliphatic rings. The van der Waals surface area contributed by atoms with Crippen LogP contribution in [0.25, 0.3) is 11.5 Å². The van der Waals surface area contributed by atoms with Gasteiger partial charge in [-0.25, -0.2) is 4.68 Å². The molecule has 2 heterocycles. The predicted octanol–water partition coefficient (Wildman–Crippen LogP) is 5.53. The van der Waals surface area contributed by atoms with E-state index >= 15 is 0 Å². The monoisotopic (exact) mass is 410 g/mol. The highest BCUT2D eigenvalue weighted by Gasteiger charge is 2.22. The Morgan fingerprint density at radius 3 is 2.11 bits per heavy atom. The number of amides is 1. The molecule has 0 aliphatic carbocycles. The van der Waals surface area contributed by atoms with E-state index < -0.39 is 0 Å². The van der Waals surface area contributed by atoms with Crippen molar-refractivity contribution >= 4 is 34.8 Å². The third kappa shape index (κ3) is 3.54. The smallest absolute Gasteiger partial charge is 0.276 e.